The lowest BCUT2D eigenvalue weighted by molar-refractivity contribution is -0.377. The topological polar surface area (TPSA) is 195 Å². The number of nitrogens with one attached hydrogen (secondary N) is 1. The maximum Gasteiger partial charge on any atom is 0.320 e. The van der Waals surface area contributed by atoms with Crippen molar-refractivity contribution in [2.24, 2.45) is 11.8 Å². The molecule has 2 amide bonds. The van der Waals surface area contributed by atoms with Gasteiger partial charge in [-0.25, -0.2) is 9.42 Å². The molecule has 15 heteroatoms. The van der Waals surface area contributed by atoms with Crippen LogP contribution in [0.4, 0.5) is 10.5 Å². The highest BCUT2D eigenvalue weighted by Gasteiger charge is 2.39. The number of ether oxygens (including phenoxy) is 4. The summed E-state index contributed by atoms with van der Waals surface area (Å²) < 4.78 is 28.0. The van der Waals surface area contributed by atoms with Crippen LogP contribution in [0.2, 0.25) is 0 Å². The van der Waals surface area contributed by atoms with E-state index in [2.05, 4.69) is 46.7 Å². The molecule has 2 N–H and O–H groups in total. The van der Waals surface area contributed by atoms with Crippen molar-refractivity contribution >= 4 is 34.3 Å². The van der Waals surface area contributed by atoms with E-state index in [1.54, 1.807) is 6.07 Å². The molecule has 0 saturated carbocycles. The van der Waals surface area contributed by atoms with Gasteiger partial charge in [-0.15, -0.1) is 0 Å². The van der Waals surface area contributed by atoms with Gasteiger partial charge in [0.15, 0.2) is 5.78 Å². The zero-order valence-electron chi connectivity index (χ0n) is 33.5. The molecule has 0 bridgehead atoms. The van der Waals surface area contributed by atoms with Crippen LogP contribution >= 0.6 is 0 Å². The van der Waals surface area contributed by atoms with Crippen LogP contribution in [-0.4, -0.2) is 115 Å². The van der Waals surface area contributed by atoms with Gasteiger partial charge in [-0.1, -0.05) is 42.5 Å². The number of piperidine rings is 2. The molecule has 3 aliphatic heterocycles. The Kier molecular flexibility index (Phi) is 16.1. The summed E-state index contributed by atoms with van der Waals surface area (Å²) >= 11 is 0. The minimum Gasteiger partial charge on any atom is -0.870 e. The number of likely N-dealkylation sites (tertiary alicyclic amines) is 2. The van der Waals surface area contributed by atoms with Crippen LogP contribution in [0.1, 0.15) is 74.0 Å². The predicted molar refractivity (Wildman–Crippen MR) is 216 cm³/mol. The minimum atomic E-state index is 0. The Morgan fingerprint density at radius 2 is 1.58 bits per heavy atom. The highest BCUT2D eigenvalue weighted by atomic mass is 16.6. The van der Waals surface area contributed by atoms with E-state index < -0.39 is 0 Å². The number of rotatable bonds is 19. The molecule has 3 fully saturated rings. The molecule has 0 aliphatic carbocycles. The smallest absolute Gasteiger partial charge is 0.320 e. The number of carbonyl (C=O) groups is 3. The number of hydrogen-bond donors (Lipinski definition) is 1. The first kappa shape index (κ1) is 43.5. The number of aryl methyl sites for hydroxylation is 1. The number of aromatic nitrogens is 2. The lowest BCUT2D eigenvalue weighted by Crippen LogP contribution is -2.55. The lowest BCUT2D eigenvalue weighted by atomic mass is 9.76. The van der Waals surface area contributed by atoms with Crippen molar-refractivity contribution in [2.75, 3.05) is 65.8 Å². The lowest BCUT2D eigenvalue weighted by Gasteiger charge is -2.43. The number of nitroso groups, excluding NO2 is 1. The standard InChI is InChI=1S/C44H53N5O9.H2O/c50-36(18-24-55-26-25-54-22-5-10-33-13-14-39(45-53)43-42(33)46-58-47-43)11-6-23-56-38-12-4-9-34(28-38)41(31-7-2-1-3-8-31)32-15-19-48(20-16-32)44(52)49-21-17-40-35(29-49)27-37(51)30-57-40;/h1-4,7-9,12-14,28,32,35,40-41H,5-6,10-11,15-27,29-30H2;1H2/t35-,40+,41?;/m1./s1. The van der Waals surface area contributed by atoms with Gasteiger partial charge in [-0.3, -0.25) is 9.59 Å². The number of fused-ring (bicyclic) bond motifs is 2. The number of Topliss-reactive ketones (excluding diaryl/α,β-unsaturated/α-hetero) is 2. The Morgan fingerprint density at radius 1 is 0.814 bits per heavy atom. The highest BCUT2D eigenvalue weighted by Crippen LogP contribution is 2.39. The molecule has 3 aromatic carbocycles. The Hall–Kier alpha value is -5.09. The Morgan fingerprint density at radius 3 is 2.39 bits per heavy atom. The van der Waals surface area contributed by atoms with Gasteiger partial charge in [0, 0.05) is 80.0 Å². The van der Waals surface area contributed by atoms with Crippen molar-refractivity contribution in [1.82, 2.24) is 20.1 Å². The van der Waals surface area contributed by atoms with Gasteiger partial charge in [0.05, 0.1) is 32.5 Å². The molecule has 4 aromatic rings. The molecule has 3 aliphatic rings. The molecule has 59 heavy (non-hydrogen) atoms. The van der Waals surface area contributed by atoms with Crippen molar-refractivity contribution in [1.29, 1.82) is 0 Å². The van der Waals surface area contributed by atoms with Crippen LogP contribution < -0.4 is 9.91 Å². The Labute approximate surface area is 343 Å². The quantitative estimate of drug-likeness (QED) is 0.125. The van der Waals surface area contributed by atoms with Gasteiger partial charge in [0.2, 0.25) is 5.52 Å². The first-order chi connectivity index (χ1) is 28.5. The van der Waals surface area contributed by atoms with Crippen molar-refractivity contribution in [3.63, 3.8) is 0 Å². The second-order valence-electron chi connectivity index (χ2n) is 15.6. The minimum absolute atomic E-state index is 0. The summed E-state index contributed by atoms with van der Waals surface area (Å²) in [5, 5.41) is 9.55. The monoisotopic (exact) mass is 813 g/mol. The third-order valence-corrected chi connectivity index (χ3v) is 11.7. The van der Waals surface area contributed by atoms with Gasteiger partial charge >= 0.3 is 6.03 Å². The Balaban J connectivity index is 0.00000585. The summed E-state index contributed by atoms with van der Waals surface area (Å²) in [5.74, 6) is 1.67. The average molecular weight is 814 g/mol. The maximum atomic E-state index is 13.6. The highest BCUT2D eigenvalue weighted by molar-refractivity contribution is 5.85. The number of hydrogen-bond acceptors (Lipinski definition) is 12. The zero-order valence-corrected chi connectivity index (χ0v) is 33.5. The summed E-state index contributed by atoms with van der Waals surface area (Å²) in [6, 6.07) is 22.4. The molecule has 7 rings (SSSR count). The number of ketones is 2. The summed E-state index contributed by atoms with van der Waals surface area (Å²) in [4.78, 5) is 53.1. The third kappa shape index (κ3) is 11.6. The molecule has 4 heterocycles. The number of benzene rings is 3. The van der Waals surface area contributed by atoms with Crippen LogP contribution in [0.3, 0.4) is 0 Å². The van der Waals surface area contributed by atoms with E-state index in [9.17, 15) is 19.3 Å². The van der Waals surface area contributed by atoms with Crippen LogP contribution in [0, 0.1) is 16.7 Å². The summed E-state index contributed by atoms with van der Waals surface area (Å²) in [6.07, 6.45) is 6.02. The van der Waals surface area contributed by atoms with Crippen LogP contribution in [0.15, 0.2) is 71.4 Å². The normalized spacial score (nSPS) is 18.9. The van der Waals surface area contributed by atoms with Crippen molar-refractivity contribution in [2.45, 2.75) is 69.8 Å². The molecule has 15 nitrogen and oxygen atoms in total. The van der Waals surface area contributed by atoms with Gasteiger partial charge in [-0.2, -0.15) is 0 Å². The molecular formula is C44H55N5O10. The number of urea groups is 1. The van der Waals surface area contributed by atoms with E-state index in [0.717, 1.165) is 37.0 Å². The van der Waals surface area contributed by atoms with Gasteiger partial charge in [0.1, 0.15) is 23.7 Å². The molecule has 3 saturated heterocycles. The molecule has 0 spiro atoms. The van der Waals surface area contributed by atoms with Crippen LogP contribution in [0.25, 0.3) is 11.0 Å². The number of carbonyl (C=O) groups excluding carboxylic acids is 3. The summed E-state index contributed by atoms with van der Waals surface area (Å²) in [7, 11) is 0. The maximum absolute atomic E-state index is 13.6. The fourth-order valence-corrected chi connectivity index (χ4v) is 8.63. The Bertz CT molecular complexity index is 1980. The van der Waals surface area contributed by atoms with E-state index in [0.29, 0.717) is 114 Å². The molecule has 1 unspecified atom stereocenters. The first-order valence-corrected chi connectivity index (χ1v) is 20.7. The number of nitrogens with zero attached hydrogens (tertiary/aromatic N) is 4. The zero-order chi connectivity index (χ0) is 40.1. The fraction of sp³-hybridized carbons (Fsp3) is 0.523. The summed E-state index contributed by atoms with van der Waals surface area (Å²) in [5.41, 5.74) is 4.70. The summed E-state index contributed by atoms with van der Waals surface area (Å²) in [6.45, 7) is 5.04. The molecule has 316 valence electrons. The molecule has 1 aromatic heterocycles. The van der Waals surface area contributed by atoms with Crippen molar-refractivity contribution < 1.29 is 48.6 Å². The van der Waals surface area contributed by atoms with E-state index in [4.69, 9.17) is 23.6 Å². The third-order valence-electron chi connectivity index (χ3n) is 11.7. The van der Waals surface area contributed by atoms with Crippen LogP contribution in [-0.2, 0) is 30.2 Å². The van der Waals surface area contributed by atoms with E-state index in [-0.39, 0.29) is 47.6 Å². The molecular weight excluding hydrogens is 759 g/mol. The van der Waals surface area contributed by atoms with E-state index in [1.165, 1.54) is 11.1 Å². The van der Waals surface area contributed by atoms with Crippen molar-refractivity contribution in [3.8, 4) is 5.75 Å². The van der Waals surface area contributed by atoms with Gasteiger partial charge < -0.3 is 34.2 Å². The second kappa shape index (κ2) is 21.8. The molecule has 0 radical (unpaired) electrons. The van der Waals surface area contributed by atoms with Crippen molar-refractivity contribution in [3.05, 3.63) is 88.3 Å². The number of amides is 2. The van der Waals surface area contributed by atoms with E-state index >= 15 is 0 Å². The largest absolute Gasteiger partial charge is 0.870 e. The van der Waals surface area contributed by atoms with Crippen LogP contribution in [0.5, 0.6) is 5.75 Å². The van der Waals surface area contributed by atoms with Gasteiger partial charge in [-0.05, 0) is 89.6 Å². The molecule has 3 atom stereocenters. The predicted octanol–water partition coefficient (Wildman–Crippen LogP) is 4.95. The van der Waals surface area contributed by atoms with Gasteiger partial charge in [0.25, 0.3) is 5.69 Å². The average Bonchev–Trinajstić information content (AvgIpc) is 3.76. The first-order valence-electron chi connectivity index (χ1n) is 20.7. The van der Waals surface area contributed by atoms with E-state index in [1.807, 2.05) is 39.2 Å². The fourth-order valence-electron chi connectivity index (χ4n) is 8.63. The second-order valence-corrected chi connectivity index (χ2v) is 15.6. The SMILES string of the molecule is O=[NH+]c1ccc(CCCOCCOCCC(=O)CCCOc2cccc(C(c3ccccc3)C3CCN(C(=O)N4CC[C@@H]5OCC(=O)C[C@@H]5C4)CC3)c2)c2nonc12.[OH-].